The van der Waals surface area contributed by atoms with E-state index >= 15 is 0 Å². The third kappa shape index (κ3) is 7.42. The summed E-state index contributed by atoms with van der Waals surface area (Å²) >= 11 is 5.85. The van der Waals surface area contributed by atoms with Crippen LogP contribution in [0, 0.1) is 0 Å². The lowest BCUT2D eigenvalue weighted by molar-refractivity contribution is -0.149. The first kappa shape index (κ1) is 26.0. The van der Waals surface area contributed by atoms with Gasteiger partial charge in [0.05, 0.1) is 0 Å². The number of halogens is 1. The molecule has 6 nitrogen and oxygen atoms in total. The lowest BCUT2D eigenvalue weighted by Crippen LogP contribution is -2.41. The molecular formula is C28H28ClNO5. The van der Waals surface area contributed by atoms with Crippen LogP contribution < -0.4 is 14.8 Å². The standard InChI is InChI=1S/C28H28ClNO5/c1-4-25(31)20-9-15-23(16-10-20)34-27(33)28(2,3)35-24-13-5-19(6-14-24)17-18-30-26(32)21-7-11-22(29)12-8-21/h5-16H,4,17-18H2,1-3H3,(H,30,32). The molecule has 0 aliphatic heterocycles. The Morgan fingerprint density at radius 2 is 1.40 bits per heavy atom. The van der Waals surface area contributed by atoms with Crippen molar-refractivity contribution in [2.45, 2.75) is 39.2 Å². The van der Waals surface area contributed by atoms with Crippen molar-refractivity contribution in [3.8, 4) is 11.5 Å². The van der Waals surface area contributed by atoms with Gasteiger partial charge in [0.25, 0.3) is 5.91 Å². The van der Waals surface area contributed by atoms with Crippen molar-refractivity contribution in [3.05, 3.63) is 94.5 Å². The van der Waals surface area contributed by atoms with Gasteiger partial charge in [-0.15, -0.1) is 0 Å². The Kier molecular flexibility index (Phi) is 8.66. The lowest BCUT2D eigenvalue weighted by atomic mass is 10.1. The minimum absolute atomic E-state index is 0.0268. The molecule has 0 radical (unpaired) electrons. The van der Waals surface area contributed by atoms with Gasteiger partial charge in [-0.1, -0.05) is 30.7 Å². The predicted molar refractivity (Wildman–Crippen MR) is 135 cm³/mol. The largest absolute Gasteiger partial charge is 0.476 e. The van der Waals surface area contributed by atoms with Crippen molar-refractivity contribution in [1.29, 1.82) is 0 Å². The van der Waals surface area contributed by atoms with E-state index in [-0.39, 0.29) is 11.7 Å². The molecule has 182 valence electrons. The van der Waals surface area contributed by atoms with Crippen LogP contribution in [0.2, 0.25) is 5.02 Å². The highest BCUT2D eigenvalue weighted by Gasteiger charge is 2.32. The summed E-state index contributed by atoms with van der Waals surface area (Å²) in [7, 11) is 0. The average molecular weight is 494 g/mol. The second kappa shape index (κ2) is 11.7. The van der Waals surface area contributed by atoms with E-state index in [1.165, 1.54) is 0 Å². The van der Waals surface area contributed by atoms with Crippen molar-refractivity contribution >= 4 is 29.3 Å². The van der Waals surface area contributed by atoms with Gasteiger partial charge in [-0.25, -0.2) is 4.79 Å². The molecule has 0 spiro atoms. The summed E-state index contributed by atoms with van der Waals surface area (Å²) in [6.07, 6.45) is 1.05. The van der Waals surface area contributed by atoms with Gasteiger partial charge >= 0.3 is 5.97 Å². The maximum Gasteiger partial charge on any atom is 0.355 e. The number of rotatable bonds is 10. The summed E-state index contributed by atoms with van der Waals surface area (Å²) in [6, 6.07) is 20.5. The van der Waals surface area contributed by atoms with Crippen LogP contribution in [0.25, 0.3) is 0 Å². The van der Waals surface area contributed by atoms with Gasteiger partial charge in [0.15, 0.2) is 5.78 Å². The number of nitrogens with one attached hydrogen (secondary N) is 1. The number of hydrogen-bond acceptors (Lipinski definition) is 5. The van der Waals surface area contributed by atoms with Gasteiger partial charge in [0.2, 0.25) is 5.60 Å². The highest BCUT2D eigenvalue weighted by molar-refractivity contribution is 6.30. The van der Waals surface area contributed by atoms with Crippen LogP contribution in [-0.2, 0) is 11.2 Å². The molecule has 0 aromatic heterocycles. The van der Waals surface area contributed by atoms with Crippen molar-refractivity contribution < 1.29 is 23.9 Å². The molecular weight excluding hydrogens is 466 g/mol. The van der Waals surface area contributed by atoms with Crippen LogP contribution in [0.15, 0.2) is 72.8 Å². The second-order valence-electron chi connectivity index (χ2n) is 8.46. The number of benzene rings is 3. The minimum atomic E-state index is -1.23. The Morgan fingerprint density at radius 3 is 2.00 bits per heavy atom. The molecule has 3 aromatic carbocycles. The quantitative estimate of drug-likeness (QED) is 0.223. The number of amides is 1. The van der Waals surface area contributed by atoms with Gasteiger partial charge in [0, 0.05) is 29.1 Å². The fourth-order valence-electron chi connectivity index (χ4n) is 3.23. The smallest absolute Gasteiger partial charge is 0.355 e. The van der Waals surface area contributed by atoms with Crippen LogP contribution in [0.5, 0.6) is 11.5 Å². The Balaban J connectivity index is 1.50. The molecule has 1 N–H and O–H groups in total. The van der Waals surface area contributed by atoms with Gasteiger partial charge in [-0.05, 0) is 86.5 Å². The van der Waals surface area contributed by atoms with Crippen LogP contribution in [0.3, 0.4) is 0 Å². The maximum absolute atomic E-state index is 12.7. The van der Waals surface area contributed by atoms with Gasteiger partial charge < -0.3 is 14.8 Å². The van der Waals surface area contributed by atoms with Crippen molar-refractivity contribution in [3.63, 3.8) is 0 Å². The van der Waals surface area contributed by atoms with Crippen molar-refractivity contribution in [2.75, 3.05) is 6.54 Å². The molecule has 0 aliphatic carbocycles. The van der Waals surface area contributed by atoms with Gasteiger partial charge in [0.1, 0.15) is 11.5 Å². The minimum Gasteiger partial charge on any atom is -0.476 e. The second-order valence-corrected chi connectivity index (χ2v) is 8.90. The Labute approximate surface area is 210 Å². The van der Waals surface area contributed by atoms with E-state index in [9.17, 15) is 14.4 Å². The average Bonchev–Trinajstić information content (AvgIpc) is 2.85. The molecule has 0 unspecified atom stereocenters. The molecule has 0 aliphatic rings. The van der Waals surface area contributed by atoms with E-state index in [4.69, 9.17) is 21.1 Å². The number of carbonyl (C=O) groups excluding carboxylic acids is 3. The molecule has 1 amide bonds. The van der Waals surface area contributed by atoms with Crippen LogP contribution in [0.1, 0.15) is 53.5 Å². The Hall–Kier alpha value is -3.64. The molecule has 0 bridgehead atoms. The fraction of sp³-hybridized carbons (Fsp3) is 0.250. The predicted octanol–water partition coefficient (Wildman–Crippen LogP) is 5.67. The molecule has 3 aromatic rings. The number of ketones is 1. The molecule has 0 heterocycles. The number of ether oxygens (including phenoxy) is 2. The summed E-state index contributed by atoms with van der Waals surface area (Å²) < 4.78 is 11.3. The highest BCUT2D eigenvalue weighted by atomic mass is 35.5. The van der Waals surface area contributed by atoms with Crippen molar-refractivity contribution in [2.24, 2.45) is 0 Å². The lowest BCUT2D eigenvalue weighted by Gasteiger charge is -2.24. The van der Waals surface area contributed by atoms with E-state index in [1.54, 1.807) is 81.4 Å². The van der Waals surface area contributed by atoms with E-state index in [1.807, 2.05) is 12.1 Å². The van der Waals surface area contributed by atoms with Gasteiger partial charge in [-0.2, -0.15) is 0 Å². The number of carbonyl (C=O) groups is 3. The van der Waals surface area contributed by atoms with E-state index < -0.39 is 11.6 Å². The molecule has 0 atom stereocenters. The summed E-state index contributed by atoms with van der Waals surface area (Å²) in [5.41, 5.74) is 0.910. The fourth-order valence-corrected chi connectivity index (χ4v) is 3.35. The topological polar surface area (TPSA) is 81.7 Å². The molecule has 0 saturated carbocycles. The summed E-state index contributed by atoms with van der Waals surface area (Å²) in [5.74, 6) is 0.175. The molecule has 35 heavy (non-hydrogen) atoms. The number of hydrogen-bond donors (Lipinski definition) is 1. The summed E-state index contributed by atoms with van der Waals surface area (Å²) in [5, 5.41) is 3.46. The summed E-state index contributed by atoms with van der Waals surface area (Å²) in [4.78, 5) is 36.6. The van der Waals surface area contributed by atoms with Gasteiger partial charge in [-0.3, -0.25) is 9.59 Å². The van der Waals surface area contributed by atoms with Crippen LogP contribution >= 0.6 is 11.6 Å². The molecule has 7 heteroatoms. The zero-order valence-corrected chi connectivity index (χ0v) is 20.7. The number of esters is 1. The van der Waals surface area contributed by atoms with Crippen molar-refractivity contribution in [1.82, 2.24) is 5.32 Å². The maximum atomic E-state index is 12.7. The Bertz CT molecular complexity index is 1170. The van der Waals surface area contributed by atoms with Crippen LogP contribution in [0.4, 0.5) is 0 Å². The third-order valence-electron chi connectivity index (χ3n) is 5.30. The third-order valence-corrected chi connectivity index (χ3v) is 5.55. The monoisotopic (exact) mass is 493 g/mol. The Morgan fingerprint density at radius 1 is 0.829 bits per heavy atom. The molecule has 0 fully saturated rings. The first-order chi connectivity index (χ1) is 16.7. The van der Waals surface area contributed by atoms with Crippen LogP contribution in [-0.4, -0.2) is 29.8 Å². The molecule has 3 rings (SSSR count). The molecule has 0 saturated heterocycles. The normalized spacial score (nSPS) is 11.0. The summed E-state index contributed by atoms with van der Waals surface area (Å²) in [6.45, 7) is 5.53. The SMILES string of the molecule is CCC(=O)c1ccc(OC(=O)C(C)(C)Oc2ccc(CCNC(=O)c3ccc(Cl)cc3)cc2)cc1. The van der Waals surface area contributed by atoms with E-state index in [2.05, 4.69) is 5.32 Å². The number of Topliss-reactive ketones (excluding diaryl/α,β-unsaturated/α-hetero) is 1. The first-order valence-corrected chi connectivity index (χ1v) is 11.7. The first-order valence-electron chi connectivity index (χ1n) is 11.3. The van der Waals surface area contributed by atoms with E-state index in [0.29, 0.717) is 47.0 Å². The zero-order chi connectivity index (χ0) is 25.4. The highest BCUT2D eigenvalue weighted by Crippen LogP contribution is 2.22. The zero-order valence-electron chi connectivity index (χ0n) is 20.0. The van der Waals surface area contributed by atoms with E-state index in [0.717, 1.165) is 5.56 Å².